The van der Waals surface area contributed by atoms with Crippen LogP contribution in [0.3, 0.4) is 0 Å². The molecule has 30 heavy (non-hydrogen) atoms. The van der Waals surface area contributed by atoms with E-state index >= 15 is 0 Å². The SMILES string of the molecule is Fc1cccc2c1c(I)nn2C(c1ccccc1)(c1ccccc1)c1ccccc1. The van der Waals surface area contributed by atoms with Crippen LogP contribution in [0.2, 0.25) is 0 Å². The molecule has 0 saturated heterocycles. The molecule has 4 heteroatoms. The summed E-state index contributed by atoms with van der Waals surface area (Å²) in [5.41, 5.74) is 3.20. The highest BCUT2D eigenvalue weighted by Gasteiger charge is 2.40. The molecule has 5 aromatic rings. The Morgan fingerprint density at radius 2 is 1.10 bits per heavy atom. The first-order chi connectivity index (χ1) is 14.7. The van der Waals surface area contributed by atoms with E-state index in [0.717, 1.165) is 22.2 Å². The van der Waals surface area contributed by atoms with Gasteiger partial charge in [0.25, 0.3) is 0 Å². The van der Waals surface area contributed by atoms with Crippen LogP contribution in [0.15, 0.2) is 109 Å². The number of rotatable bonds is 4. The number of hydrogen-bond donors (Lipinski definition) is 0. The second-order valence-corrected chi connectivity index (χ2v) is 8.17. The smallest absolute Gasteiger partial charge is 0.138 e. The molecule has 0 aliphatic heterocycles. The van der Waals surface area contributed by atoms with Crippen LogP contribution in [0.5, 0.6) is 0 Å². The fraction of sp³-hybridized carbons (Fsp3) is 0.0385. The van der Waals surface area contributed by atoms with Crippen LogP contribution >= 0.6 is 22.6 Å². The lowest BCUT2D eigenvalue weighted by atomic mass is 9.77. The fourth-order valence-corrected chi connectivity index (χ4v) is 5.00. The zero-order valence-corrected chi connectivity index (χ0v) is 18.2. The Bertz CT molecular complexity index is 1200. The summed E-state index contributed by atoms with van der Waals surface area (Å²) in [6.07, 6.45) is 0. The third kappa shape index (κ3) is 2.86. The highest BCUT2D eigenvalue weighted by Crippen LogP contribution is 2.43. The molecule has 0 fully saturated rings. The van der Waals surface area contributed by atoms with Crippen LogP contribution in [0.25, 0.3) is 10.9 Å². The van der Waals surface area contributed by atoms with Gasteiger partial charge in [-0.05, 0) is 51.4 Å². The van der Waals surface area contributed by atoms with Crippen LogP contribution in [0.4, 0.5) is 4.39 Å². The standard InChI is InChI=1S/C26H18FIN2/c27-22-17-10-18-23-24(22)25(28)29-30(23)26(19-11-4-1-5-12-19,20-13-6-2-7-14-20)21-15-8-3-9-16-21/h1-18H. The van der Waals surface area contributed by atoms with Crippen molar-refractivity contribution in [3.8, 4) is 0 Å². The van der Waals surface area contributed by atoms with Gasteiger partial charge in [-0.3, -0.25) is 0 Å². The zero-order valence-electron chi connectivity index (χ0n) is 16.0. The monoisotopic (exact) mass is 504 g/mol. The van der Waals surface area contributed by atoms with E-state index < -0.39 is 5.54 Å². The molecule has 0 spiro atoms. The summed E-state index contributed by atoms with van der Waals surface area (Å²) in [5.74, 6) is -0.258. The summed E-state index contributed by atoms with van der Waals surface area (Å²) in [6.45, 7) is 0. The lowest BCUT2D eigenvalue weighted by molar-refractivity contribution is 0.473. The summed E-state index contributed by atoms with van der Waals surface area (Å²) in [5, 5.41) is 5.46. The number of nitrogens with zero attached hydrogens (tertiary/aromatic N) is 2. The lowest BCUT2D eigenvalue weighted by Crippen LogP contribution is -2.38. The molecule has 0 bridgehead atoms. The van der Waals surface area contributed by atoms with E-state index in [1.165, 1.54) is 6.07 Å². The van der Waals surface area contributed by atoms with Crippen molar-refractivity contribution < 1.29 is 4.39 Å². The largest absolute Gasteiger partial charge is 0.244 e. The third-order valence-corrected chi connectivity index (χ3v) is 6.26. The molecule has 0 unspecified atom stereocenters. The Labute approximate surface area is 188 Å². The molecular weight excluding hydrogens is 486 g/mol. The van der Waals surface area contributed by atoms with Crippen LogP contribution in [-0.2, 0) is 5.54 Å². The van der Waals surface area contributed by atoms with E-state index in [9.17, 15) is 4.39 Å². The second-order valence-electron chi connectivity index (χ2n) is 7.15. The van der Waals surface area contributed by atoms with Crippen molar-refractivity contribution in [3.05, 3.63) is 135 Å². The van der Waals surface area contributed by atoms with Crippen molar-refractivity contribution in [1.29, 1.82) is 0 Å². The second kappa shape index (κ2) is 7.69. The summed E-state index contributed by atoms with van der Waals surface area (Å²) < 4.78 is 17.4. The molecule has 1 aromatic heterocycles. The van der Waals surface area contributed by atoms with Gasteiger partial charge in [-0.25, -0.2) is 9.07 Å². The molecule has 0 aliphatic rings. The molecule has 0 aliphatic carbocycles. The third-order valence-electron chi connectivity index (χ3n) is 5.51. The minimum Gasteiger partial charge on any atom is -0.244 e. The maximum Gasteiger partial charge on any atom is 0.138 e. The molecule has 0 atom stereocenters. The van der Waals surface area contributed by atoms with E-state index in [1.54, 1.807) is 6.07 Å². The Kier molecular flexibility index (Phi) is 4.87. The number of aromatic nitrogens is 2. The van der Waals surface area contributed by atoms with Gasteiger partial charge in [-0.2, -0.15) is 5.10 Å². The molecule has 1 heterocycles. The van der Waals surface area contributed by atoms with Gasteiger partial charge < -0.3 is 0 Å². The predicted molar refractivity (Wildman–Crippen MR) is 127 cm³/mol. The molecule has 0 N–H and O–H groups in total. The van der Waals surface area contributed by atoms with Crippen molar-refractivity contribution in [1.82, 2.24) is 9.78 Å². The van der Waals surface area contributed by atoms with Gasteiger partial charge >= 0.3 is 0 Å². The Balaban J connectivity index is 2.00. The van der Waals surface area contributed by atoms with Gasteiger partial charge in [-0.15, -0.1) is 0 Å². The lowest BCUT2D eigenvalue weighted by Gasteiger charge is -2.37. The molecule has 5 rings (SSSR count). The van der Waals surface area contributed by atoms with Gasteiger partial charge in [0.05, 0.1) is 10.9 Å². The van der Waals surface area contributed by atoms with E-state index in [2.05, 4.69) is 59.0 Å². The molecule has 2 nitrogen and oxygen atoms in total. The van der Waals surface area contributed by atoms with E-state index in [0.29, 0.717) is 9.09 Å². The van der Waals surface area contributed by atoms with Crippen molar-refractivity contribution in [3.63, 3.8) is 0 Å². The zero-order chi connectivity index (χ0) is 20.6. The van der Waals surface area contributed by atoms with Crippen molar-refractivity contribution in [2.24, 2.45) is 0 Å². The van der Waals surface area contributed by atoms with Gasteiger partial charge in [0, 0.05) is 0 Å². The minimum absolute atomic E-state index is 0.258. The van der Waals surface area contributed by atoms with Gasteiger partial charge in [-0.1, -0.05) is 97.1 Å². The number of halogens is 2. The maximum atomic E-state index is 14.8. The van der Waals surface area contributed by atoms with E-state index in [4.69, 9.17) is 5.10 Å². The first-order valence-corrected chi connectivity index (χ1v) is 10.8. The highest BCUT2D eigenvalue weighted by molar-refractivity contribution is 14.1. The highest BCUT2D eigenvalue weighted by atomic mass is 127. The summed E-state index contributed by atoms with van der Waals surface area (Å²) in [4.78, 5) is 0. The average Bonchev–Trinajstić information content (AvgIpc) is 3.15. The van der Waals surface area contributed by atoms with Crippen LogP contribution in [0, 0.1) is 9.52 Å². The van der Waals surface area contributed by atoms with Crippen molar-refractivity contribution in [2.45, 2.75) is 5.54 Å². The van der Waals surface area contributed by atoms with Gasteiger partial charge in [0.1, 0.15) is 15.1 Å². The quantitative estimate of drug-likeness (QED) is 0.199. The normalized spacial score (nSPS) is 11.7. The van der Waals surface area contributed by atoms with Crippen molar-refractivity contribution in [2.75, 3.05) is 0 Å². The summed E-state index contributed by atoms with van der Waals surface area (Å²) in [6, 6.07) is 36.1. The molecular formula is C26H18FIN2. The van der Waals surface area contributed by atoms with E-state index in [1.807, 2.05) is 65.3 Å². The first kappa shape index (κ1) is 19.0. The molecule has 146 valence electrons. The van der Waals surface area contributed by atoms with Crippen molar-refractivity contribution >= 4 is 33.5 Å². The average molecular weight is 504 g/mol. The topological polar surface area (TPSA) is 17.8 Å². The number of benzene rings is 4. The Hall–Kier alpha value is -2.99. The summed E-state index contributed by atoms with van der Waals surface area (Å²) in [7, 11) is 0. The van der Waals surface area contributed by atoms with Gasteiger partial charge in [0.2, 0.25) is 0 Å². The summed E-state index contributed by atoms with van der Waals surface area (Å²) >= 11 is 2.13. The van der Waals surface area contributed by atoms with Crippen LogP contribution < -0.4 is 0 Å². The maximum absolute atomic E-state index is 14.8. The number of fused-ring (bicyclic) bond motifs is 1. The molecule has 0 amide bonds. The van der Waals surface area contributed by atoms with Crippen LogP contribution in [0.1, 0.15) is 16.7 Å². The molecule has 0 radical (unpaired) electrons. The molecule has 4 aromatic carbocycles. The predicted octanol–water partition coefficient (Wildman–Crippen LogP) is 6.62. The number of hydrogen-bond acceptors (Lipinski definition) is 1. The fourth-order valence-electron chi connectivity index (χ4n) is 4.25. The Morgan fingerprint density at radius 1 is 0.633 bits per heavy atom. The first-order valence-electron chi connectivity index (χ1n) is 9.72. The van der Waals surface area contributed by atoms with Crippen LogP contribution in [-0.4, -0.2) is 9.78 Å². The van der Waals surface area contributed by atoms with Gasteiger partial charge in [0.15, 0.2) is 0 Å². The Morgan fingerprint density at radius 3 is 1.57 bits per heavy atom. The van der Waals surface area contributed by atoms with E-state index in [-0.39, 0.29) is 5.82 Å². The minimum atomic E-state index is -0.751. The molecule has 0 saturated carbocycles.